The van der Waals surface area contributed by atoms with Crippen LogP contribution in [0.3, 0.4) is 0 Å². The molecule has 0 spiro atoms. The van der Waals surface area contributed by atoms with Crippen LogP contribution in [-0.2, 0) is 0 Å². The molecule has 2 aliphatic rings. The van der Waals surface area contributed by atoms with E-state index in [2.05, 4.69) is 249 Å². The second-order valence-corrected chi connectivity index (χ2v) is 17.8. The van der Waals surface area contributed by atoms with Crippen LogP contribution in [0.2, 0.25) is 0 Å². The number of benzene rings is 8. The van der Waals surface area contributed by atoms with Crippen LogP contribution in [0.1, 0.15) is 61.1 Å². The summed E-state index contributed by atoms with van der Waals surface area (Å²) in [6, 6.07) is 65.3. The molecule has 9 rings (SSSR count). The van der Waals surface area contributed by atoms with Crippen molar-refractivity contribution in [3.63, 3.8) is 0 Å². The van der Waals surface area contributed by atoms with E-state index in [-0.39, 0.29) is 0 Å². The molecule has 328 valence electrons. The summed E-state index contributed by atoms with van der Waals surface area (Å²) in [5.74, 6) is 0. The molecule has 0 amide bonds. The maximum Gasteiger partial charge on any atom is -0.000453 e. The number of allylic oxidation sites excluding steroid dienone is 9. The Kier molecular flexibility index (Phi) is 13.8. The quantitative estimate of drug-likeness (QED) is 0.107. The Morgan fingerprint density at radius 2 is 0.910 bits per heavy atom. The first-order valence-electron chi connectivity index (χ1n) is 23.2. The second kappa shape index (κ2) is 20.2. The van der Waals surface area contributed by atoms with Gasteiger partial charge in [0.1, 0.15) is 0 Å². The molecule has 0 fully saturated rings. The van der Waals surface area contributed by atoms with Crippen LogP contribution in [0.15, 0.2) is 237 Å². The summed E-state index contributed by atoms with van der Waals surface area (Å²) >= 11 is 0. The van der Waals surface area contributed by atoms with Crippen molar-refractivity contribution in [2.45, 2.75) is 48.5 Å². The van der Waals surface area contributed by atoms with Crippen LogP contribution >= 0.6 is 0 Å². The van der Waals surface area contributed by atoms with Gasteiger partial charge in [0.15, 0.2) is 0 Å². The molecule has 0 radical (unpaired) electrons. The zero-order valence-corrected chi connectivity index (χ0v) is 40.2. The molecule has 0 nitrogen and oxygen atoms in total. The summed E-state index contributed by atoms with van der Waals surface area (Å²) in [4.78, 5) is 0. The molecule has 0 N–H and O–H groups in total. The van der Waals surface area contributed by atoms with Crippen LogP contribution in [0.5, 0.6) is 0 Å². The maximum absolute atomic E-state index is 4.27. The lowest BCUT2D eigenvalue weighted by atomic mass is 9.91. The number of rotatable bonds is 12. The molecule has 7 aromatic rings. The van der Waals surface area contributed by atoms with Gasteiger partial charge in [0.2, 0.25) is 0 Å². The summed E-state index contributed by atoms with van der Waals surface area (Å²) in [5.41, 5.74) is 30.1. The van der Waals surface area contributed by atoms with Gasteiger partial charge in [-0.1, -0.05) is 207 Å². The number of hydrogen-bond donors (Lipinski definition) is 0. The molecule has 0 heteroatoms. The lowest BCUT2D eigenvalue weighted by Gasteiger charge is -2.13. The van der Waals surface area contributed by atoms with Gasteiger partial charge in [-0.15, -0.1) is 0 Å². The van der Waals surface area contributed by atoms with Gasteiger partial charge >= 0.3 is 0 Å². The van der Waals surface area contributed by atoms with E-state index in [0.29, 0.717) is 0 Å². The van der Waals surface area contributed by atoms with Crippen molar-refractivity contribution in [3.05, 3.63) is 270 Å². The van der Waals surface area contributed by atoms with E-state index in [0.717, 1.165) is 16.7 Å². The third kappa shape index (κ3) is 9.91. The largest absolute Gasteiger partial charge is 0.0955 e. The van der Waals surface area contributed by atoms with E-state index < -0.39 is 0 Å². The zero-order valence-electron chi connectivity index (χ0n) is 40.2. The van der Waals surface area contributed by atoms with Crippen molar-refractivity contribution >= 4 is 16.7 Å². The normalized spacial score (nSPS) is 12.0. The third-order valence-corrected chi connectivity index (χ3v) is 13.3. The highest BCUT2D eigenvalue weighted by atomic mass is 14.4. The molecule has 2 aliphatic carbocycles. The minimum atomic E-state index is 0.947. The highest BCUT2D eigenvalue weighted by Crippen LogP contribution is 2.64. The summed E-state index contributed by atoms with van der Waals surface area (Å²) in [7, 11) is 0. The molecule has 0 atom stereocenters. The Balaban J connectivity index is 0.000000268. The summed E-state index contributed by atoms with van der Waals surface area (Å²) in [6.07, 6.45) is 6.20. The first-order valence-corrected chi connectivity index (χ1v) is 23.2. The molecule has 0 aliphatic heterocycles. The van der Waals surface area contributed by atoms with Crippen molar-refractivity contribution in [1.82, 2.24) is 0 Å². The highest BCUT2D eigenvalue weighted by molar-refractivity contribution is 6.23. The standard InChI is InChI=1S/C48H40.C19H20/c1-31(2)32(3)17-12-18-33(4)37-21-13-22-38(28-37)39-23-14-24-40(29-39)41-25-15-26-42(30-41)46-47-44(36-19-8-7-9-20-36)35(6)45(48(46)47)43-27-11-10-16-34(43)5;1-14-10-8-9-13-19(14)17(4)15(2)16(3)18-11-6-5-7-12-18/h7-30H,1,3H2,2,4-6H3;5-13H,4H2,1-3H3/b17-12-,33-18+;16-15+. The van der Waals surface area contributed by atoms with Gasteiger partial charge in [0.25, 0.3) is 0 Å². The summed E-state index contributed by atoms with van der Waals surface area (Å²) < 4.78 is 0. The number of aryl methyl sites for hydroxylation is 2. The van der Waals surface area contributed by atoms with Crippen molar-refractivity contribution in [2.24, 2.45) is 0 Å². The molecule has 67 heavy (non-hydrogen) atoms. The van der Waals surface area contributed by atoms with E-state index in [4.69, 9.17) is 0 Å². The first kappa shape index (κ1) is 45.8. The average Bonchev–Trinajstić information content (AvgIpc) is 4.00. The predicted octanol–water partition coefficient (Wildman–Crippen LogP) is 19.2. The average molecular weight is 865 g/mol. The molecule has 0 saturated heterocycles. The number of fused-ring (bicyclic) bond motifs is 1. The molecule has 0 saturated carbocycles. The molecular formula is C67H60. The van der Waals surface area contributed by atoms with Gasteiger partial charge in [0.05, 0.1) is 0 Å². The molecular weight excluding hydrogens is 805 g/mol. The SMILES string of the molecule is C=C(/C(C)=C(\C)c1ccccc1)c1ccccc1C.C=C(C)C(=C)/C=C\C=C(/C)c1cccc(-c2cccc(-c3cccc(-c4c5c(-c6ccccc6)c(C)c(-c6ccccc6C)c4-5)c3)c2)c1. The molecule has 0 unspecified atom stereocenters. The van der Waals surface area contributed by atoms with Crippen molar-refractivity contribution in [1.29, 1.82) is 0 Å². The van der Waals surface area contributed by atoms with Gasteiger partial charge in [0, 0.05) is 0 Å². The monoisotopic (exact) mass is 864 g/mol. The van der Waals surface area contributed by atoms with Crippen LogP contribution in [0, 0.1) is 20.8 Å². The van der Waals surface area contributed by atoms with Gasteiger partial charge < -0.3 is 0 Å². The number of hydrogen-bond acceptors (Lipinski definition) is 0. The molecule has 0 heterocycles. The van der Waals surface area contributed by atoms with Gasteiger partial charge in [-0.3, -0.25) is 0 Å². The van der Waals surface area contributed by atoms with E-state index in [1.165, 1.54) is 117 Å². The second-order valence-electron chi connectivity index (χ2n) is 17.8. The first-order chi connectivity index (χ1) is 32.4. The fourth-order valence-corrected chi connectivity index (χ4v) is 9.10. The zero-order chi connectivity index (χ0) is 47.2. The smallest absolute Gasteiger partial charge is 0.000453 e. The van der Waals surface area contributed by atoms with E-state index in [1.54, 1.807) is 0 Å². The Labute approximate surface area is 400 Å². The van der Waals surface area contributed by atoms with Gasteiger partial charge in [-0.25, -0.2) is 0 Å². The minimum absolute atomic E-state index is 0.947. The van der Waals surface area contributed by atoms with Crippen LogP contribution < -0.4 is 0 Å². The topological polar surface area (TPSA) is 0 Å². The van der Waals surface area contributed by atoms with E-state index in [1.807, 2.05) is 19.1 Å². The van der Waals surface area contributed by atoms with Gasteiger partial charge in [-0.2, -0.15) is 0 Å². The lowest BCUT2D eigenvalue weighted by molar-refractivity contribution is 1.39. The van der Waals surface area contributed by atoms with Crippen LogP contribution in [-0.4, -0.2) is 0 Å². The maximum atomic E-state index is 4.27. The fourth-order valence-electron chi connectivity index (χ4n) is 9.10. The Morgan fingerprint density at radius 1 is 0.418 bits per heavy atom. The Hall–Kier alpha value is -7.80. The minimum Gasteiger partial charge on any atom is -0.0955 e. The summed E-state index contributed by atoms with van der Waals surface area (Å²) in [5, 5.41) is 0. The molecule has 0 aromatic heterocycles. The Bertz CT molecular complexity index is 3270. The van der Waals surface area contributed by atoms with Gasteiger partial charge in [-0.05, 0) is 195 Å². The lowest BCUT2D eigenvalue weighted by Crippen LogP contribution is -1.92. The molecule has 0 bridgehead atoms. The predicted molar refractivity (Wildman–Crippen MR) is 294 cm³/mol. The fraction of sp³-hybridized carbons (Fsp3) is 0.104. The highest BCUT2D eigenvalue weighted by Gasteiger charge is 2.37. The van der Waals surface area contributed by atoms with Crippen LogP contribution in [0.25, 0.3) is 83.5 Å². The van der Waals surface area contributed by atoms with Crippen molar-refractivity contribution < 1.29 is 0 Å². The van der Waals surface area contributed by atoms with Crippen molar-refractivity contribution in [3.8, 4) is 66.8 Å². The van der Waals surface area contributed by atoms with Crippen molar-refractivity contribution in [2.75, 3.05) is 0 Å². The third-order valence-electron chi connectivity index (χ3n) is 13.3. The molecule has 7 aromatic carbocycles. The van der Waals surface area contributed by atoms with E-state index in [9.17, 15) is 0 Å². The summed E-state index contributed by atoms with van der Waals surface area (Å²) in [6.45, 7) is 27.4. The van der Waals surface area contributed by atoms with E-state index >= 15 is 0 Å². The Morgan fingerprint density at radius 3 is 1.54 bits per heavy atom. The van der Waals surface area contributed by atoms with Crippen LogP contribution in [0.4, 0.5) is 0 Å².